The topological polar surface area (TPSA) is 127 Å². The van der Waals surface area contributed by atoms with E-state index in [4.69, 9.17) is 21.7 Å². The average Bonchev–Trinajstić information content (AvgIpc) is 2.86. The van der Waals surface area contributed by atoms with E-state index in [1.165, 1.54) is 32.4 Å². The Balaban J connectivity index is 1.84. The van der Waals surface area contributed by atoms with Gasteiger partial charge in [0.1, 0.15) is 0 Å². The van der Waals surface area contributed by atoms with Crippen molar-refractivity contribution in [2.24, 2.45) is 4.99 Å². The second-order valence-electron chi connectivity index (χ2n) is 7.61. The van der Waals surface area contributed by atoms with Gasteiger partial charge in [-0.2, -0.15) is 0 Å². The lowest BCUT2D eigenvalue weighted by Crippen LogP contribution is -2.39. The molecular weight excluding hydrogens is 480 g/mol. The number of benzene rings is 2. The average molecular weight is 507 g/mol. The van der Waals surface area contributed by atoms with Gasteiger partial charge in [0.05, 0.1) is 31.9 Å². The normalized spacial score (nSPS) is 10.8. The standard InChI is InChI=1S/C25H26N6O4S/c1-15-10-16(2)28-24(27-15)30-23(26-14-17-8-6-5-7-9-17)31-25(36)29-20-12-18(21(32)34-3)11-19(13-20)22(33)35-4/h5-13H,14H2,1-4H3,(H3,26,27,28,29,30,31,36). The molecule has 0 aliphatic heterocycles. The van der Waals surface area contributed by atoms with Crippen LogP contribution >= 0.6 is 12.2 Å². The molecule has 0 atom stereocenters. The molecule has 0 aliphatic carbocycles. The number of aromatic nitrogens is 2. The van der Waals surface area contributed by atoms with E-state index in [0.29, 0.717) is 24.1 Å². The van der Waals surface area contributed by atoms with Crippen LogP contribution in [0, 0.1) is 13.8 Å². The number of aliphatic imine (C=N–C) groups is 1. The van der Waals surface area contributed by atoms with Crippen molar-refractivity contribution < 1.29 is 19.1 Å². The minimum atomic E-state index is -0.610. The van der Waals surface area contributed by atoms with E-state index in [2.05, 4.69) is 30.9 Å². The Kier molecular flexibility index (Phi) is 9.01. The molecule has 0 aliphatic rings. The number of anilines is 2. The van der Waals surface area contributed by atoms with Crippen molar-refractivity contribution in [1.29, 1.82) is 0 Å². The first-order chi connectivity index (χ1) is 17.3. The lowest BCUT2D eigenvalue weighted by Gasteiger charge is -2.15. The van der Waals surface area contributed by atoms with Crippen molar-refractivity contribution in [2.75, 3.05) is 24.9 Å². The summed E-state index contributed by atoms with van der Waals surface area (Å²) in [4.78, 5) is 37.5. The summed E-state index contributed by atoms with van der Waals surface area (Å²) >= 11 is 5.47. The van der Waals surface area contributed by atoms with Crippen LogP contribution in [0.15, 0.2) is 59.6 Å². The Morgan fingerprint density at radius 2 is 1.47 bits per heavy atom. The van der Waals surface area contributed by atoms with E-state index in [0.717, 1.165) is 17.0 Å². The Morgan fingerprint density at radius 1 is 0.889 bits per heavy atom. The van der Waals surface area contributed by atoms with Crippen molar-refractivity contribution in [3.05, 3.63) is 82.7 Å². The van der Waals surface area contributed by atoms with Crippen LogP contribution in [0.5, 0.6) is 0 Å². The Bertz CT molecular complexity index is 1240. The van der Waals surface area contributed by atoms with Crippen LogP contribution in [-0.2, 0) is 16.0 Å². The van der Waals surface area contributed by atoms with Gasteiger partial charge in [-0.15, -0.1) is 0 Å². The first kappa shape index (κ1) is 26.2. The van der Waals surface area contributed by atoms with E-state index < -0.39 is 11.9 Å². The molecule has 0 fully saturated rings. The lowest BCUT2D eigenvalue weighted by molar-refractivity contribution is 0.0599. The third kappa shape index (κ3) is 7.57. The van der Waals surface area contributed by atoms with E-state index in [-0.39, 0.29) is 16.2 Å². The number of carbonyl (C=O) groups is 2. The summed E-state index contributed by atoms with van der Waals surface area (Å²) in [6.45, 7) is 4.11. The van der Waals surface area contributed by atoms with Crippen LogP contribution < -0.4 is 16.0 Å². The fraction of sp³-hybridized carbons (Fsp3) is 0.200. The number of carbonyl (C=O) groups excluding carboxylic acids is 2. The number of hydrogen-bond donors (Lipinski definition) is 3. The van der Waals surface area contributed by atoms with Gasteiger partial charge in [-0.3, -0.25) is 5.32 Å². The van der Waals surface area contributed by atoms with Crippen molar-refractivity contribution in [3.63, 3.8) is 0 Å². The first-order valence-corrected chi connectivity index (χ1v) is 11.3. The van der Waals surface area contributed by atoms with E-state index in [1.54, 1.807) is 0 Å². The molecule has 36 heavy (non-hydrogen) atoms. The molecule has 0 amide bonds. The van der Waals surface area contributed by atoms with Crippen LogP contribution in [-0.4, -0.2) is 47.2 Å². The second-order valence-corrected chi connectivity index (χ2v) is 8.02. The number of guanidine groups is 1. The zero-order valence-electron chi connectivity index (χ0n) is 20.3. The number of nitrogens with zero attached hydrogens (tertiary/aromatic N) is 3. The maximum absolute atomic E-state index is 12.1. The fourth-order valence-electron chi connectivity index (χ4n) is 3.19. The largest absolute Gasteiger partial charge is 0.465 e. The fourth-order valence-corrected chi connectivity index (χ4v) is 3.41. The molecule has 0 saturated heterocycles. The number of hydrogen-bond acceptors (Lipinski definition) is 8. The van der Waals surface area contributed by atoms with E-state index >= 15 is 0 Å². The molecule has 1 heterocycles. The molecule has 0 bridgehead atoms. The molecule has 1 aromatic heterocycles. The molecule has 0 radical (unpaired) electrons. The van der Waals surface area contributed by atoms with Gasteiger partial charge in [-0.25, -0.2) is 24.5 Å². The SMILES string of the molecule is COC(=O)c1cc(NC(=S)NC(=NCc2ccccc2)Nc2nc(C)cc(C)n2)cc(C(=O)OC)c1. The number of nitrogens with one attached hydrogen (secondary N) is 3. The van der Waals surface area contributed by atoms with E-state index in [1.807, 2.05) is 50.2 Å². The highest BCUT2D eigenvalue weighted by molar-refractivity contribution is 7.80. The quantitative estimate of drug-likeness (QED) is 0.197. The maximum Gasteiger partial charge on any atom is 0.337 e. The molecular formula is C25H26N6O4S. The molecule has 10 nitrogen and oxygen atoms in total. The van der Waals surface area contributed by atoms with Crippen LogP contribution in [0.1, 0.15) is 37.7 Å². The molecule has 186 valence electrons. The Morgan fingerprint density at radius 3 is 2.03 bits per heavy atom. The summed E-state index contributed by atoms with van der Waals surface area (Å²) in [6.07, 6.45) is 0. The molecule has 0 spiro atoms. The molecule has 2 aromatic carbocycles. The monoisotopic (exact) mass is 506 g/mol. The summed E-state index contributed by atoms with van der Waals surface area (Å²) in [5.74, 6) is -0.559. The third-order valence-electron chi connectivity index (χ3n) is 4.74. The van der Waals surface area contributed by atoms with Gasteiger partial charge >= 0.3 is 11.9 Å². The molecule has 3 N–H and O–H groups in total. The van der Waals surface area contributed by atoms with Crippen LogP contribution in [0.4, 0.5) is 11.6 Å². The van der Waals surface area contributed by atoms with Gasteiger partial charge in [-0.1, -0.05) is 30.3 Å². The van der Waals surface area contributed by atoms with E-state index in [9.17, 15) is 9.59 Å². The summed E-state index contributed by atoms with van der Waals surface area (Å²) in [7, 11) is 2.51. The minimum absolute atomic E-state index is 0.150. The van der Waals surface area contributed by atoms with Gasteiger partial charge in [-0.05, 0) is 55.9 Å². The van der Waals surface area contributed by atoms with Gasteiger partial charge in [0.15, 0.2) is 5.11 Å². The molecule has 0 saturated carbocycles. The minimum Gasteiger partial charge on any atom is -0.465 e. The number of rotatable bonds is 6. The summed E-state index contributed by atoms with van der Waals surface area (Å²) in [6, 6.07) is 16.0. The zero-order chi connectivity index (χ0) is 26.1. The summed E-state index contributed by atoms with van der Waals surface area (Å²) in [5.41, 5.74) is 3.27. The highest BCUT2D eigenvalue weighted by Crippen LogP contribution is 2.17. The van der Waals surface area contributed by atoms with Gasteiger partial charge in [0.2, 0.25) is 11.9 Å². The van der Waals surface area contributed by atoms with Crippen LogP contribution in [0.2, 0.25) is 0 Å². The van der Waals surface area contributed by atoms with Crippen molar-refractivity contribution in [2.45, 2.75) is 20.4 Å². The molecule has 0 unspecified atom stereocenters. The number of methoxy groups -OCH3 is 2. The number of thiocarbonyl (C=S) groups is 1. The highest BCUT2D eigenvalue weighted by atomic mass is 32.1. The van der Waals surface area contributed by atoms with Crippen molar-refractivity contribution >= 4 is 46.9 Å². The second kappa shape index (κ2) is 12.4. The van der Waals surface area contributed by atoms with Gasteiger partial charge in [0.25, 0.3) is 0 Å². The molecule has 3 aromatic rings. The first-order valence-electron chi connectivity index (χ1n) is 10.8. The Labute approximate surface area is 214 Å². The molecule has 11 heteroatoms. The van der Waals surface area contributed by atoms with Crippen molar-refractivity contribution in [1.82, 2.24) is 15.3 Å². The zero-order valence-corrected chi connectivity index (χ0v) is 21.1. The highest BCUT2D eigenvalue weighted by Gasteiger charge is 2.15. The van der Waals surface area contributed by atoms with Gasteiger partial charge < -0.3 is 20.1 Å². The Hall–Kier alpha value is -4.38. The predicted octanol–water partition coefficient (Wildman–Crippen LogP) is 3.62. The maximum atomic E-state index is 12.1. The van der Waals surface area contributed by atoms with Crippen LogP contribution in [0.25, 0.3) is 0 Å². The van der Waals surface area contributed by atoms with Gasteiger partial charge in [0, 0.05) is 17.1 Å². The number of esters is 2. The smallest absolute Gasteiger partial charge is 0.337 e. The summed E-state index contributed by atoms with van der Waals surface area (Å²) < 4.78 is 9.56. The molecule has 3 rings (SSSR count). The number of aryl methyl sites for hydroxylation is 2. The predicted molar refractivity (Wildman–Crippen MR) is 141 cm³/mol. The van der Waals surface area contributed by atoms with Crippen LogP contribution in [0.3, 0.4) is 0 Å². The summed E-state index contributed by atoms with van der Waals surface area (Å²) in [5, 5.41) is 9.17. The number of ether oxygens (including phenoxy) is 2. The lowest BCUT2D eigenvalue weighted by atomic mass is 10.1. The van der Waals surface area contributed by atoms with Crippen molar-refractivity contribution in [3.8, 4) is 0 Å². The third-order valence-corrected chi connectivity index (χ3v) is 4.94.